The number of methoxy groups -OCH3 is 2. The molecule has 0 spiro atoms. The molecule has 0 aliphatic carbocycles. The first-order valence-electron chi connectivity index (χ1n) is 6.88. The van der Waals surface area contributed by atoms with Crippen LogP contribution >= 0.6 is 0 Å². The summed E-state index contributed by atoms with van der Waals surface area (Å²) in [4.78, 5) is 12.3. The highest BCUT2D eigenvalue weighted by atomic mass is 16.5. The van der Waals surface area contributed by atoms with Crippen LogP contribution < -0.4 is 14.8 Å². The van der Waals surface area contributed by atoms with E-state index in [-0.39, 0.29) is 5.57 Å². The number of amides is 1. The van der Waals surface area contributed by atoms with E-state index in [1.165, 1.54) is 13.2 Å². The van der Waals surface area contributed by atoms with Crippen molar-refractivity contribution in [2.45, 2.75) is 0 Å². The maximum Gasteiger partial charge on any atom is 0.266 e. The minimum atomic E-state index is -0.494. The second-order valence-electron chi connectivity index (χ2n) is 4.60. The van der Waals surface area contributed by atoms with Crippen LogP contribution in [0.1, 0.15) is 5.56 Å². The Morgan fingerprint density at radius 2 is 1.91 bits per heavy atom. The second kappa shape index (κ2) is 7.66. The van der Waals surface area contributed by atoms with Crippen molar-refractivity contribution in [3.05, 3.63) is 59.7 Å². The number of benzene rings is 2. The summed E-state index contributed by atoms with van der Waals surface area (Å²) in [6.07, 6.45) is 1.49. The number of rotatable bonds is 5. The molecule has 0 aliphatic rings. The highest BCUT2D eigenvalue weighted by Gasteiger charge is 2.11. The number of nitriles is 1. The van der Waals surface area contributed by atoms with E-state index in [9.17, 15) is 10.1 Å². The zero-order valence-corrected chi connectivity index (χ0v) is 12.9. The third kappa shape index (κ3) is 4.11. The molecule has 23 heavy (non-hydrogen) atoms. The van der Waals surface area contributed by atoms with Gasteiger partial charge in [-0.1, -0.05) is 24.3 Å². The average molecular weight is 308 g/mol. The molecule has 0 unspecified atom stereocenters. The van der Waals surface area contributed by atoms with Crippen LogP contribution in [0.2, 0.25) is 0 Å². The van der Waals surface area contributed by atoms with E-state index in [1.807, 2.05) is 18.2 Å². The minimum absolute atomic E-state index is 0.0164. The van der Waals surface area contributed by atoms with E-state index in [1.54, 1.807) is 43.5 Å². The third-order valence-corrected chi connectivity index (χ3v) is 3.13. The topological polar surface area (TPSA) is 71.3 Å². The van der Waals surface area contributed by atoms with Crippen molar-refractivity contribution in [1.29, 1.82) is 5.26 Å². The SMILES string of the molecule is COc1cccc(NC(=O)C(C#N)=Cc2ccccc2OC)c1. The normalized spacial score (nSPS) is 10.6. The van der Waals surface area contributed by atoms with Crippen LogP contribution in [-0.4, -0.2) is 20.1 Å². The maximum atomic E-state index is 12.3. The molecule has 5 heteroatoms. The van der Waals surface area contributed by atoms with Crippen LogP contribution in [0.3, 0.4) is 0 Å². The number of nitrogens with zero attached hydrogens (tertiary/aromatic N) is 1. The fraction of sp³-hybridized carbons (Fsp3) is 0.111. The first kappa shape index (κ1) is 16.1. The largest absolute Gasteiger partial charge is 0.497 e. The predicted octanol–water partition coefficient (Wildman–Crippen LogP) is 3.25. The van der Waals surface area contributed by atoms with Crippen LogP contribution in [0, 0.1) is 11.3 Å². The van der Waals surface area contributed by atoms with Gasteiger partial charge in [-0.05, 0) is 24.3 Å². The van der Waals surface area contributed by atoms with Gasteiger partial charge in [-0.2, -0.15) is 5.26 Å². The van der Waals surface area contributed by atoms with Crippen LogP contribution in [0.5, 0.6) is 11.5 Å². The van der Waals surface area contributed by atoms with Gasteiger partial charge in [-0.15, -0.1) is 0 Å². The van der Waals surface area contributed by atoms with Gasteiger partial charge in [0.2, 0.25) is 0 Å². The van der Waals surface area contributed by atoms with Crippen LogP contribution in [0.15, 0.2) is 54.1 Å². The predicted molar refractivity (Wildman–Crippen MR) is 88.2 cm³/mol. The van der Waals surface area contributed by atoms with Crippen molar-refractivity contribution in [2.24, 2.45) is 0 Å². The molecule has 2 aromatic rings. The standard InChI is InChI=1S/C18H16N2O3/c1-22-16-8-5-7-15(11-16)20-18(21)14(12-19)10-13-6-3-4-9-17(13)23-2/h3-11H,1-2H3,(H,20,21). The number of carbonyl (C=O) groups excluding carboxylic acids is 1. The van der Waals surface area contributed by atoms with Gasteiger partial charge in [0.15, 0.2) is 0 Å². The minimum Gasteiger partial charge on any atom is -0.497 e. The summed E-state index contributed by atoms with van der Waals surface area (Å²) >= 11 is 0. The van der Waals surface area contributed by atoms with Gasteiger partial charge in [0.25, 0.3) is 5.91 Å². The van der Waals surface area contributed by atoms with Gasteiger partial charge in [0, 0.05) is 17.3 Å². The van der Waals surface area contributed by atoms with Crippen molar-refractivity contribution >= 4 is 17.7 Å². The summed E-state index contributed by atoms with van der Waals surface area (Å²) in [7, 11) is 3.08. The number of hydrogen-bond donors (Lipinski definition) is 1. The van der Waals surface area contributed by atoms with E-state index in [4.69, 9.17) is 9.47 Å². The fourth-order valence-corrected chi connectivity index (χ4v) is 1.99. The molecule has 1 N–H and O–H groups in total. The highest BCUT2D eigenvalue weighted by molar-refractivity contribution is 6.09. The molecular weight excluding hydrogens is 292 g/mol. The molecule has 5 nitrogen and oxygen atoms in total. The summed E-state index contributed by atoms with van der Waals surface area (Å²) in [6, 6.07) is 16.0. The Balaban J connectivity index is 2.25. The van der Waals surface area contributed by atoms with Gasteiger partial charge < -0.3 is 14.8 Å². The molecule has 0 atom stereocenters. The van der Waals surface area contributed by atoms with Crippen molar-refractivity contribution in [3.63, 3.8) is 0 Å². The first-order chi connectivity index (χ1) is 11.2. The lowest BCUT2D eigenvalue weighted by atomic mass is 10.1. The molecule has 0 bridgehead atoms. The van der Waals surface area contributed by atoms with Crippen LogP contribution in [0.4, 0.5) is 5.69 Å². The molecule has 0 radical (unpaired) electrons. The summed E-state index contributed by atoms with van der Waals surface area (Å²) in [5, 5.41) is 11.9. The summed E-state index contributed by atoms with van der Waals surface area (Å²) in [5.41, 5.74) is 1.19. The Kier molecular flexibility index (Phi) is 5.37. The van der Waals surface area contributed by atoms with Crippen molar-refractivity contribution in [3.8, 4) is 17.6 Å². The van der Waals surface area contributed by atoms with E-state index >= 15 is 0 Å². The van der Waals surface area contributed by atoms with Crippen LogP contribution in [0.25, 0.3) is 6.08 Å². The molecule has 0 aromatic heterocycles. The molecule has 0 fully saturated rings. The molecule has 2 rings (SSSR count). The molecular formula is C18H16N2O3. The first-order valence-corrected chi connectivity index (χ1v) is 6.88. The van der Waals surface area contributed by atoms with Gasteiger partial charge in [-0.3, -0.25) is 4.79 Å². The highest BCUT2D eigenvalue weighted by Crippen LogP contribution is 2.21. The number of para-hydroxylation sites is 1. The second-order valence-corrected chi connectivity index (χ2v) is 4.60. The lowest BCUT2D eigenvalue weighted by Gasteiger charge is -2.07. The Morgan fingerprint density at radius 3 is 2.61 bits per heavy atom. The molecule has 2 aromatic carbocycles. The number of carbonyl (C=O) groups is 1. The molecule has 0 heterocycles. The maximum absolute atomic E-state index is 12.3. The van der Waals surface area contributed by atoms with E-state index in [2.05, 4.69) is 5.32 Å². The Bertz CT molecular complexity index is 776. The zero-order valence-electron chi connectivity index (χ0n) is 12.9. The van der Waals surface area contributed by atoms with E-state index < -0.39 is 5.91 Å². The smallest absolute Gasteiger partial charge is 0.266 e. The van der Waals surface area contributed by atoms with Crippen LogP contribution in [-0.2, 0) is 4.79 Å². The van der Waals surface area contributed by atoms with Crippen molar-refractivity contribution in [2.75, 3.05) is 19.5 Å². The average Bonchev–Trinajstić information content (AvgIpc) is 2.60. The molecule has 0 saturated heterocycles. The molecule has 0 aliphatic heterocycles. The lowest BCUT2D eigenvalue weighted by molar-refractivity contribution is -0.112. The Morgan fingerprint density at radius 1 is 1.13 bits per heavy atom. The van der Waals surface area contributed by atoms with Gasteiger partial charge >= 0.3 is 0 Å². The van der Waals surface area contributed by atoms with E-state index in [0.717, 1.165) is 0 Å². The van der Waals surface area contributed by atoms with E-state index in [0.29, 0.717) is 22.7 Å². The number of hydrogen-bond acceptors (Lipinski definition) is 4. The molecule has 1 amide bonds. The number of anilines is 1. The fourth-order valence-electron chi connectivity index (χ4n) is 1.99. The third-order valence-electron chi connectivity index (χ3n) is 3.13. The summed E-state index contributed by atoms with van der Waals surface area (Å²) in [5.74, 6) is 0.719. The number of ether oxygens (including phenoxy) is 2. The van der Waals surface area contributed by atoms with Crippen molar-refractivity contribution in [1.82, 2.24) is 0 Å². The Labute approximate surface area is 134 Å². The molecule has 116 valence electrons. The quantitative estimate of drug-likeness (QED) is 0.680. The Hall–Kier alpha value is -3.26. The monoisotopic (exact) mass is 308 g/mol. The lowest BCUT2D eigenvalue weighted by Crippen LogP contribution is -2.13. The van der Waals surface area contributed by atoms with Gasteiger partial charge in [-0.25, -0.2) is 0 Å². The summed E-state index contributed by atoms with van der Waals surface area (Å²) in [6.45, 7) is 0. The molecule has 0 saturated carbocycles. The van der Waals surface area contributed by atoms with Gasteiger partial charge in [0.1, 0.15) is 23.1 Å². The summed E-state index contributed by atoms with van der Waals surface area (Å²) < 4.78 is 10.3. The van der Waals surface area contributed by atoms with Crippen molar-refractivity contribution < 1.29 is 14.3 Å². The zero-order chi connectivity index (χ0) is 16.7. The van der Waals surface area contributed by atoms with Gasteiger partial charge in [0.05, 0.1) is 14.2 Å². The number of nitrogens with one attached hydrogen (secondary N) is 1.